The van der Waals surface area contributed by atoms with Gasteiger partial charge in [-0.2, -0.15) is 8.78 Å². The van der Waals surface area contributed by atoms with E-state index in [1.807, 2.05) is 0 Å². The van der Waals surface area contributed by atoms with Crippen LogP contribution >= 0.6 is 11.6 Å². The third-order valence-electron chi connectivity index (χ3n) is 1.62. The van der Waals surface area contributed by atoms with Crippen LogP contribution in [0, 0.1) is 17.0 Å². The Hall–Kier alpha value is -1.43. The summed E-state index contributed by atoms with van der Waals surface area (Å²) >= 11 is 5.56. The molecule has 0 aromatic heterocycles. The highest BCUT2D eigenvalue weighted by atomic mass is 35.5. The molecule has 0 spiro atoms. The molecule has 1 aromatic carbocycles. The molecule has 0 bridgehead atoms. The fraction of sp³-hybridized carbons (Fsp3) is 0.250. The van der Waals surface area contributed by atoms with Crippen molar-refractivity contribution >= 4 is 17.3 Å². The van der Waals surface area contributed by atoms with Crippen molar-refractivity contribution in [1.29, 1.82) is 0 Å². The van der Waals surface area contributed by atoms with Crippen LogP contribution in [0.3, 0.4) is 0 Å². The van der Waals surface area contributed by atoms with Gasteiger partial charge in [-0.3, -0.25) is 10.1 Å². The van der Waals surface area contributed by atoms with Gasteiger partial charge >= 0.3 is 12.3 Å². The first-order chi connectivity index (χ1) is 6.91. The lowest BCUT2D eigenvalue weighted by Gasteiger charge is -2.08. The number of ether oxygens (including phenoxy) is 1. The molecule has 4 nitrogen and oxygen atoms in total. The molecule has 0 saturated carbocycles. The predicted octanol–water partition coefficient (Wildman–Crippen LogP) is 3.16. The Kier molecular flexibility index (Phi) is 3.41. The maximum absolute atomic E-state index is 12.0. The first-order valence-electron chi connectivity index (χ1n) is 3.81. The van der Waals surface area contributed by atoms with E-state index in [1.54, 1.807) is 0 Å². The van der Waals surface area contributed by atoms with Gasteiger partial charge in [0, 0.05) is 11.1 Å². The molecule has 1 aromatic rings. The van der Waals surface area contributed by atoms with Gasteiger partial charge in [0.25, 0.3) is 0 Å². The van der Waals surface area contributed by atoms with E-state index < -0.39 is 23.0 Å². The average molecular weight is 238 g/mol. The van der Waals surface area contributed by atoms with E-state index in [0.29, 0.717) is 0 Å². The van der Waals surface area contributed by atoms with Crippen LogP contribution in [0.2, 0.25) is 5.02 Å². The molecule has 0 N–H and O–H groups in total. The van der Waals surface area contributed by atoms with E-state index in [2.05, 4.69) is 4.74 Å². The lowest BCUT2D eigenvalue weighted by molar-refractivity contribution is -0.386. The molecule has 7 heteroatoms. The van der Waals surface area contributed by atoms with Crippen LogP contribution in [-0.2, 0) is 0 Å². The Morgan fingerprint density at radius 2 is 2.13 bits per heavy atom. The molecule has 15 heavy (non-hydrogen) atoms. The van der Waals surface area contributed by atoms with Crippen LogP contribution in [-0.4, -0.2) is 11.5 Å². The number of nitro groups is 1. The van der Waals surface area contributed by atoms with Gasteiger partial charge in [-0.15, -0.1) is 0 Å². The van der Waals surface area contributed by atoms with Gasteiger partial charge < -0.3 is 4.74 Å². The first-order valence-corrected chi connectivity index (χ1v) is 4.19. The molecule has 0 fully saturated rings. The minimum Gasteiger partial charge on any atom is -0.427 e. The lowest BCUT2D eigenvalue weighted by atomic mass is 10.2. The fourth-order valence-electron chi connectivity index (χ4n) is 1.09. The molecule has 0 heterocycles. The normalized spacial score (nSPS) is 10.5. The Morgan fingerprint density at radius 3 is 2.60 bits per heavy atom. The van der Waals surface area contributed by atoms with Crippen molar-refractivity contribution in [2.45, 2.75) is 13.5 Å². The highest BCUT2D eigenvalue weighted by molar-refractivity contribution is 6.31. The Bertz CT molecular complexity index is 398. The van der Waals surface area contributed by atoms with Crippen molar-refractivity contribution in [2.75, 3.05) is 0 Å². The SMILES string of the molecule is Cc1cc(Cl)cc([N+](=O)[O-])c1OC(F)F. The van der Waals surface area contributed by atoms with Gasteiger partial charge in [0.2, 0.25) is 5.75 Å². The van der Waals surface area contributed by atoms with Crippen LogP contribution in [0.4, 0.5) is 14.5 Å². The molecule has 0 saturated heterocycles. The van der Waals surface area contributed by atoms with E-state index in [4.69, 9.17) is 11.6 Å². The number of hydrogen-bond acceptors (Lipinski definition) is 3. The Morgan fingerprint density at radius 1 is 1.53 bits per heavy atom. The Labute approximate surface area is 88.6 Å². The second-order valence-electron chi connectivity index (χ2n) is 2.71. The summed E-state index contributed by atoms with van der Waals surface area (Å²) in [6, 6.07) is 2.28. The second-order valence-corrected chi connectivity index (χ2v) is 3.14. The lowest BCUT2D eigenvalue weighted by Crippen LogP contribution is -2.06. The van der Waals surface area contributed by atoms with Crippen molar-refractivity contribution in [3.05, 3.63) is 32.8 Å². The van der Waals surface area contributed by atoms with Gasteiger partial charge in [-0.05, 0) is 18.6 Å². The molecule has 0 unspecified atom stereocenters. The monoisotopic (exact) mass is 237 g/mol. The summed E-state index contributed by atoms with van der Waals surface area (Å²) in [7, 11) is 0. The maximum atomic E-state index is 12.0. The summed E-state index contributed by atoms with van der Waals surface area (Å²) in [5.74, 6) is -0.459. The van der Waals surface area contributed by atoms with Gasteiger partial charge in [0.15, 0.2) is 0 Å². The smallest absolute Gasteiger partial charge is 0.387 e. The summed E-state index contributed by atoms with van der Waals surface area (Å²) < 4.78 is 28.0. The third-order valence-corrected chi connectivity index (χ3v) is 1.84. The van der Waals surface area contributed by atoms with E-state index >= 15 is 0 Å². The number of benzene rings is 1. The number of halogens is 3. The first kappa shape index (κ1) is 11.6. The zero-order valence-electron chi connectivity index (χ0n) is 7.54. The Balaban J connectivity index is 3.27. The number of nitro benzene ring substituents is 1. The number of aryl methyl sites for hydroxylation is 1. The quantitative estimate of drug-likeness (QED) is 0.599. The minimum absolute atomic E-state index is 0.0980. The molecule has 0 radical (unpaired) electrons. The van der Waals surface area contributed by atoms with Crippen molar-refractivity contribution in [3.63, 3.8) is 0 Å². The molecule has 82 valence electrons. The van der Waals surface area contributed by atoms with Gasteiger partial charge in [-0.25, -0.2) is 0 Å². The minimum atomic E-state index is -3.11. The summed E-state index contributed by atoms with van der Waals surface area (Å²) in [4.78, 5) is 9.71. The van der Waals surface area contributed by atoms with Crippen molar-refractivity contribution < 1.29 is 18.4 Å². The van der Waals surface area contributed by atoms with E-state index in [9.17, 15) is 18.9 Å². The average Bonchev–Trinajstić information content (AvgIpc) is 2.08. The third kappa shape index (κ3) is 2.76. The van der Waals surface area contributed by atoms with Gasteiger partial charge in [0.05, 0.1) is 4.92 Å². The van der Waals surface area contributed by atoms with E-state index in [0.717, 1.165) is 6.07 Å². The standard InChI is InChI=1S/C8H6ClF2NO3/c1-4-2-5(9)3-6(12(13)14)7(4)15-8(10)11/h2-3,8H,1H3. The maximum Gasteiger partial charge on any atom is 0.387 e. The fourth-order valence-corrected chi connectivity index (χ4v) is 1.36. The molecule has 0 amide bonds. The van der Waals surface area contributed by atoms with Crippen molar-refractivity contribution in [3.8, 4) is 5.75 Å². The zero-order valence-corrected chi connectivity index (χ0v) is 8.29. The molecule has 1 rings (SSSR count). The van der Waals surface area contributed by atoms with Crippen LogP contribution < -0.4 is 4.74 Å². The zero-order chi connectivity index (χ0) is 11.6. The van der Waals surface area contributed by atoms with Gasteiger partial charge in [-0.1, -0.05) is 11.6 Å². The second kappa shape index (κ2) is 4.39. The molecule has 0 atom stereocenters. The van der Waals surface area contributed by atoms with Crippen LogP contribution in [0.1, 0.15) is 5.56 Å². The predicted molar refractivity (Wildman–Crippen MR) is 49.5 cm³/mol. The highest BCUT2D eigenvalue weighted by Gasteiger charge is 2.21. The molecule has 0 aliphatic heterocycles. The topological polar surface area (TPSA) is 52.4 Å². The number of alkyl halides is 2. The van der Waals surface area contributed by atoms with Crippen molar-refractivity contribution in [2.24, 2.45) is 0 Å². The highest BCUT2D eigenvalue weighted by Crippen LogP contribution is 2.34. The molecular weight excluding hydrogens is 232 g/mol. The molecule has 0 aliphatic rings. The summed E-state index contributed by atoms with van der Waals surface area (Å²) in [5, 5.41) is 10.6. The summed E-state index contributed by atoms with van der Waals surface area (Å²) in [6.07, 6.45) is 0. The molecule has 0 aliphatic carbocycles. The largest absolute Gasteiger partial charge is 0.427 e. The van der Waals surface area contributed by atoms with Crippen molar-refractivity contribution in [1.82, 2.24) is 0 Å². The number of rotatable bonds is 3. The van der Waals surface area contributed by atoms with E-state index in [-0.39, 0.29) is 10.6 Å². The van der Waals surface area contributed by atoms with E-state index in [1.165, 1.54) is 13.0 Å². The number of nitrogens with zero attached hydrogens (tertiary/aromatic N) is 1. The summed E-state index contributed by atoms with van der Waals surface area (Å²) in [5.41, 5.74) is -0.380. The van der Waals surface area contributed by atoms with Crippen LogP contribution in [0.15, 0.2) is 12.1 Å². The van der Waals surface area contributed by atoms with Crippen LogP contribution in [0.5, 0.6) is 5.75 Å². The van der Waals surface area contributed by atoms with Gasteiger partial charge in [0.1, 0.15) is 0 Å². The molecular formula is C8H6ClF2NO3. The number of hydrogen-bond donors (Lipinski definition) is 0. The van der Waals surface area contributed by atoms with Crippen LogP contribution in [0.25, 0.3) is 0 Å². The summed E-state index contributed by atoms with van der Waals surface area (Å²) in [6.45, 7) is -1.71.